The number of carbonyl (C=O) groups excluding carboxylic acids is 1. The van der Waals surface area contributed by atoms with Crippen molar-refractivity contribution in [2.75, 3.05) is 40.1 Å². The van der Waals surface area contributed by atoms with E-state index in [0.717, 1.165) is 19.4 Å². The predicted octanol–water partition coefficient (Wildman–Crippen LogP) is 0.335. The van der Waals surface area contributed by atoms with Crippen LogP contribution in [0, 0.1) is 0 Å². The number of hydrogen-bond acceptors (Lipinski definition) is 4. The van der Waals surface area contributed by atoms with Crippen molar-refractivity contribution in [2.24, 2.45) is 0 Å². The maximum Gasteiger partial charge on any atom is 0.246 e. The molecule has 1 rings (SSSR count). The van der Waals surface area contributed by atoms with Crippen molar-refractivity contribution in [1.29, 1.82) is 0 Å². The number of methoxy groups -OCH3 is 1. The smallest absolute Gasteiger partial charge is 0.246 e. The molecule has 0 aromatic carbocycles. The average molecular weight is 231 g/mol. The highest BCUT2D eigenvalue weighted by molar-refractivity contribution is 5.77. The Kier molecular flexibility index (Phi) is 5.73. The fourth-order valence-electron chi connectivity index (χ4n) is 1.62. The number of carbonyl (C=O) groups is 1. The fourth-order valence-corrected chi connectivity index (χ4v) is 1.62. The minimum absolute atomic E-state index is 0.0828. The van der Waals surface area contributed by atoms with Crippen molar-refractivity contribution < 1.29 is 19.0 Å². The van der Waals surface area contributed by atoms with Gasteiger partial charge in [-0.05, 0) is 19.8 Å². The minimum Gasteiger partial charge on any atom is -0.382 e. The van der Waals surface area contributed by atoms with E-state index in [1.807, 2.05) is 6.92 Å². The molecule has 1 aliphatic heterocycles. The van der Waals surface area contributed by atoms with Gasteiger partial charge in [-0.25, -0.2) is 0 Å². The summed E-state index contributed by atoms with van der Waals surface area (Å²) in [7, 11) is 1.60. The van der Waals surface area contributed by atoms with Crippen LogP contribution in [0.1, 0.15) is 19.8 Å². The number of amides is 1. The lowest BCUT2D eigenvalue weighted by Gasteiger charge is -2.23. The quantitative estimate of drug-likeness (QED) is 0.642. The lowest BCUT2D eigenvalue weighted by atomic mass is 10.0. The molecule has 1 amide bonds. The van der Waals surface area contributed by atoms with E-state index in [9.17, 15) is 4.79 Å². The summed E-state index contributed by atoms with van der Waals surface area (Å²) in [5.74, 6) is -0.104. The highest BCUT2D eigenvalue weighted by Gasteiger charge is 2.29. The van der Waals surface area contributed by atoms with Crippen molar-refractivity contribution in [1.82, 2.24) is 5.32 Å². The van der Waals surface area contributed by atoms with Gasteiger partial charge in [0.05, 0.1) is 18.8 Å². The van der Waals surface area contributed by atoms with Crippen LogP contribution in [0.25, 0.3) is 0 Å². The summed E-state index contributed by atoms with van der Waals surface area (Å²) < 4.78 is 15.5. The van der Waals surface area contributed by atoms with E-state index in [0.29, 0.717) is 19.8 Å². The van der Waals surface area contributed by atoms with Crippen LogP contribution in [0.4, 0.5) is 0 Å². The minimum atomic E-state index is -0.192. The van der Waals surface area contributed by atoms with E-state index < -0.39 is 0 Å². The molecule has 16 heavy (non-hydrogen) atoms. The van der Waals surface area contributed by atoms with E-state index in [1.165, 1.54) is 0 Å². The fraction of sp³-hybridized carbons (Fsp3) is 0.909. The number of rotatable bonds is 7. The molecule has 1 atom stereocenters. The Morgan fingerprint density at radius 3 is 2.94 bits per heavy atom. The zero-order valence-corrected chi connectivity index (χ0v) is 10.1. The second-order valence-electron chi connectivity index (χ2n) is 4.22. The zero-order valence-electron chi connectivity index (χ0n) is 10.1. The molecule has 0 bridgehead atoms. The first-order valence-corrected chi connectivity index (χ1v) is 5.64. The van der Waals surface area contributed by atoms with Gasteiger partial charge in [0.1, 0.15) is 6.61 Å². The third-order valence-corrected chi connectivity index (χ3v) is 2.62. The van der Waals surface area contributed by atoms with Gasteiger partial charge >= 0.3 is 0 Å². The Labute approximate surface area is 96.4 Å². The summed E-state index contributed by atoms with van der Waals surface area (Å²) in [6, 6.07) is 0. The van der Waals surface area contributed by atoms with Crippen LogP contribution in [0.5, 0.6) is 0 Å². The van der Waals surface area contributed by atoms with Crippen LogP contribution < -0.4 is 5.32 Å². The second-order valence-corrected chi connectivity index (χ2v) is 4.22. The molecule has 0 aliphatic carbocycles. The van der Waals surface area contributed by atoms with E-state index in [4.69, 9.17) is 14.2 Å². The van der Waals surface area contributed by atoms with Gasteiger partial charge in [-0.3, -0.25) is 4.79 Å². The third-order valence-electron chi connectivity index (χ3n) is 2.62. The largest absolute Gasteiger partial charge is 0.382 e. The van der Waals surface area contributed by atoms with E-state index in [1.54, 1.807) is 7.11 Å². The van der Waals surface area contributed by atoms with Crippen molar-refractivity contribution in [3.63, 3.8) is 0 Å². The van der Waals surface area contributed by atoms with Gasteiger partial charge in [-0.15, -0.1) is 0 Å². The molecule has 5 nitrogen and oxygen atoms in total. The molecular formula is C11H21NO4. The van der Waals surface area contributed by atoms with Crippen LogP contribution in [-0.2, 0) is 19.0 Å². The lowest BCUT2D eigenvalue weighted by Crippen LogP contribution is -2.41. The summed E-state index contributed by atoms with van der Waals surface area (Å²) in [4.78, 5) is 11.4. The van der Waals surface area contributed by atoms with Gasteiger partial charge in [0, 0.05) is 20.3 Å². The van der Waals surface area contributed by atoms with Gasteiger partial charge in [-0.1, -0.05) is 0 Å². The SMILES string of the molecule is COCCOCC(=O)NCC1(C)CCCO1. The Bertz CT molecular complexity index is 214. The summed E-state index contributed by atoms with van der Waals surface area (Å²) in [5, 5.41) is 2.81. The number of nitrogens with one attached hydrogen (secondary N) is 1. The Hall–Kier alpha value is -0.650. The maximum absolute atomic E-state index is 11.4. The molecular weight excluding hydrogens is 210 g/mol. The standard InChI is InChI=1S/C11H21NO4/c1-11(4-3-5-16-11)9-12-10(13)8-15-7-6-14-2/h3-9H2,1-2H3,(H,12,13). The Balaban J connectivity index is 2.05. The average Bonchev–Trinajstić information content (AvgIpc) is 2.70. The van der Waals surface area contributed by atoms with E-state index in [2.05, 4.69) is 5.32 Å². The van der Waals surface area contributed by atoms with E-state index in [-0.39, 0.29) is 18.1 Å². The number of hydrogen-bond donors (Lipinski definition) is 1. The highest BCUT2D eigenvalue weighted by Crippen LogP contribution is 2.23. The summed E-state index contributed by atoms with van der Waals surface area (Å²) in [6.45, 7) is 4.40. The molecule has 1 N–H and O–H groups in total. The molecule has 1 saturated heterocycles. The van der Waals surface area contributed by atoms with Gasteiger partial charge in [-0.2, -0.15) is 0 Å². The van der Waals surface area contributed by atoms with Gasteiger partial charge in [0.25, 0.3) is 0 Å². The van der Waals surface area contributed by atoms with Gasteiger partial charge in [0.15, 0.2) is 0 Å². The molecule has 5 heteroatoms. The highest BCUT2D eigenvalue weighted by atomic mass is 16.5. The molecule has 1 heterocycles. The Morgan fingerprint density at radius 2 is 2.31 bits per heavy atom. The third kappa shape index (κ3) is 4.92. The maximum atomic E-state index is 11.4. The summed E-state index contributed by atoms with van der Waals surface area (Å²) in [6.07, 6.45) is 2.06. The molecule has 0 radical (unpaired) electrons. The number of ether oxygens (including phenoxy) is 3. The molecule has 1 unspecified atom stereocenters. The molecule has 1 aliphatic rings. The zero-order chi connectivity index (χ0) is 11.9. The predicted molar refractivity (Wildman–Crippen MR) is 59.3 cm³/mol. The Morgan fingerprint density at radius 1 is 1.50 bits per heavy atom. The van der Waals surface area contributed by atoms with Crippen molar-refractivity contribution in [3.05, 3.63) is 0 Å². The van der Waals surface area contributed by atoms with Crippen LogP contribution in [-0.4, -0.2) is 51.6 Å². The first kappa shape index (κ1) is 13.4. The van der Waals surface area contributed by atoms with E-state index >= 15 is 0 Å². The summed E-state index contributed by atoms with van der Waals surface area (Å²) in [5.41, 5.74) is -0.192. The van der Waals surface area contributed by atoms with Crippen LogP contribution in [0.3, 0.4) is 0 Å². The van der Waals surface area contributed by atoms with Crippen molar-refractivity contribution in [2.45, 2.75) is 25.4 Å². The lowest BCUT2D eigenvalue weighted by molar-refractivity contribution is -0.127. The van der Waals surface area contributed by atoms with Gasteiger partial charge in [0.2, 0.25) is 5.91 Å². The van der Waals surface area contributed by atoms with Crippen LogP contribution in [0.15, 0.2) is 0 Å². The summed E-state index contributed by atoms with van der Waals surface area (Å²) >= 11 is 0. The topological polar surface area (TPSA) is 56.8 Å². The molecule has 0 saturated carbocycles. The second kappa shape index (κ2) is 6.83. The first-order valence-electron chi connectivity index (χ1n) is 5.64. The molecule has 0 spiro atoms. The van der Waals surface area contributed by atoms with Crippen LogP contribution in [0.2, 0.25) is 0 Å². The van der Waals surface area contributed by atoms with Crippen LogP contribution >= 0.6 is 0 Å². The molecule has 1 fully saturated rings. The van der Waals surface area contributed by atoms with Crippen molar-refractivity contribution >= 4 is 5.91 Å². The van der Waals surface area contributed by atoms with Crippen molar-refractivity contribution in [3.8, 4) is 0 Å². The van der Waals surface area contributed by atoms with Gasteiger partial charge < -0.3 is 19.5 Å². The first-order chi connectivity index (χ1) is 7.66. The molecule has 0 aromatic heterocycles. The normalized spacial score (nSPS) is 24.6. The molecule has 0 aromatic rings. The monoisotopic (exact) mass is 231 g/mol. The molecule has 94 valence electrons.